The molecule has 3 aromatic rings. The van der Waals surface area contributed by atoms with Gasteiger partial charge in [0, 0.05) is 30.6 Å². The normalized spacial score (nSPS) is 10.0. The number of carbonyl (C=O) groups is 1. The fourth-order valence-corrected chi connectivity index (χ4v) is 2.72. The standard InChI is InChI=1S/C17H17N5.C5H11NO/c1-11-5-6-14-15(7-11)21-10-22-17(14)20-9-12-3-2-4-13(8-12)16(18)19;1-3-6(4-2)5-7/h2-8,10H,9H2,1H3,(H3,18,19)(H,20,21,22);5H,3-4H2,1-2H3. The van der Waals surface area contributed by atoms with Gasteiger partial charge in [0.25, 0.3) is 0 Å². The molecule has 0 spiro atoms. The van der Waals surface area contributed by atoms with Crippen molar-refractivity contribution in [1.82, 2.24) is 14.9 Å². The van der Waals surface area contributed by atoms with Crippen LogP contribution in [0.4, 0.5) is 5.82 Å². The van der Waals surface area contributed by atoms with Crippen LogP contribution in [0.2, 0.25) is 0 Å². The number of nitrogens with one attached hydrogen (secondary N) is 2. The monoisotopic (exact) mass is 392 g/mol. The summed E-state index contributed by atoms with van der Waals surface area (Å²) in [5.74, 6) is 0.878. The van der Waals surface area contributed by atoms with Crippen LogP contribution in [0, 0.1) is 12.3 Å². The lowest BCUT2D eigenvalue weighted by Crippen LogP contribution is -2.19. The highest BCUT2D eigenvalue weighted by atomic mass is 16.1. The van der Waals surface area contributed by atoms with Crippen LogP contribution in [0.25, 0.3) is 10.9 Å². The summed E-state index contributed by atoms with van der Waals surface area (Å²) in [6, 6.07) is 13.7. The predicted octanol–water partition coefficient (Wildman–Crippen LogP) is 3.32. The molecular weight excluding hydrogens is 364 g/mol. The molecule has 0 aliphatic rings. The van der Waals surface area contributed by atoms with E-state index in [1.807, 2.05) is 63.2 Å². The van der Waals surface area contributed by atoms with Crippen molar-refractivity contribution in [2.24, 2.45) is 5.73 Å². The van der Waals surface area contributed by atoms with Crippen molar-refractivity contribution in [3.63, 3.8) is 0 Å². The molecule has 3 rings (SSSR count). The Morgan fingerprint density at radius 3 is 2.55 bits per heavy atom. The van der Waals surface area contributed by atoms with Gasteiger partial charge in [-0.25, -0.2) is 9.97 Å². The SMILES string of the molecule is CCN(C=O)CC.Cc1ccc2c(NCc3cccc(C(=N)N)c3)ncnc2c1. The number of hydrogen-bond donors (Lipinski definition) is 3. The second-order valence-electron chi connectivity index (χ2n) is 6.54. The third-order valence-electron chi connectivity index (χ3n) is 4.45. The summed E-state index contributed by atoms with van der Waals surface area (Å²) in [6.45, 7) is 8.21. The van der Waals surface area contributed by atoms with Crippen molar-refractivity contribution in [2.75, 3.05) is 18.4 Å². The number of benzene rings is 2. The molecule has 0 fully saturated rings. The number of aryl methyl sites for hydroxylation is 1. The summed E-state index contributed by atoms with van der Waals surface area (Å²) >= 11 is 0. The number of rotatable bonds is 7. The molecule has 0 saturated carbocycles. The Bertz CT molecular complexity index is 968. The number of amidine groups is 1. The summed E-state index contributed by atoms with van der Waals surface area (Å²) in [4.78, 5) is 20.2. The first kappa shape index (κ1) is 21.8. The van der Waals surface area contributed by atoms with Crippen molar-refractivity contribution in [2.45, 2.75) is 27.3 Å². The third-order valence-corrected chi connectivity index (χ3v) is 4.45. The van der Waals surface area contributed by atoms with Crippen LogP contribution < -0.4 is 11.1 Å². The Morgan fingerprint density at radius 2 is 1.93 bits per heavy atom. The van der Waals surface area contributed by atoms with Gasteiger partial charge >= 0.3 is 0 Å². The van der Waals surface area contributed by atoms with Crippen LogP contribution >= 0.6 is 0 Å². The van der Waals surface area contributed by atoms with E-state index in [-0.39, 0.29) is 5.84 Å². The molecule has 152 valence electrons. The van der Waals surface area contributed by atoms with E-state index in [9.17, 15) is 4.79 Å². The average molecular weight is 393 g/mol. The Morgan fingerprint density at radius 1 is 1.17 bits per heavy atom. The van der Waals surface area contributed by atoms with Crippen molar-refractivity contribution in [1.29, 1.82) is 5.41 Å². The number of hydrogen-bond acceptors (Lipinski definition) is 5. The van der Waals surface area contributed by atoms with Gasteiger partial charge in [0.15, 0.2) is 0 Å². The zero-order valence-electron chi connectivity index (χ0n) is 17.1. The molecule has 1 heterocycles. The summed E-state index contributed by atoms with van der Waals surface area (Å²) in [6.07, 6.45) is 2.43. The lowest BCUT2D eigenvalue weighted by Gasteiger charge is -2.09. The first-order chi connectivity index (χ1) is 14.0. The van der Waals surface area contributed by atoms with Crippen LogP contribution in [-0.2, 0) is 11.3 Å². The van der Waals surface area contributed by atoms with Crippen LogP contribution in [0.5, 0.6) is 0 Å². The van der Waals surface area contributed by atoms with Crippen LogP contribution in [-0.4, -0.2) is 40.2 Å². The molecule has 2 aromatic carbocycles. The summed E-state index contributed by atoms with van der Waals surface area (Å²) in [7, 11) is 0. The van der Waals surface area contributed by atoms with E-state index in [0.29, 0.717) is 6.54 Å². The highest BCUT2D eigenvalue weighted by Crippen LogP contribution is 2.20. The minimum Gasteiger partial charge on any atom is -0.384 e. The molecule has 4 N–H and O–H groups in total. The van der Waals surface area contributed by atoms with Crippen molar-refractivity contribution >= 4 is 29.0 Å². The lowest BCUT2D eigenvalue weighted by molar-refractivity contribution is -0.117. The van der Waals surface area contributed by atoms with Gasteiger partial charge in [0.05, 0.1) is 5.52 Å². The number of aromatic nitrogens is 2. The smallest absolute Gasteiger partial charge is 0.209 e. The zero-order chi connectivity index (χ0) is 21.2. The second-order valence-corrected chi connectivity index (χ2v) is 6.54. The molecule has 7 nitrogen and oxygen atoms in total. The van der Waals surface area contributed by atoms with E-state index in [1.165, 1.54) is 5.56 Å². The summed E-state index contributed by atoms with van der Waals surface area (Å²) < 4.78 is 0. The highest BCUT2D eigenvalue weighted by Gasteiger charge is 2.04. The number of carbonyl (C=O) groups excluding carboxylic acids is 1. The molecule has 0 aliphatic carbocycles. The Labute approximate surface area is 171 Å². The molecule has 0 radical (unpaired) electrons. The van der Waals surface area contributed by atoms with Crippen LogP contribution in [0.15, 0.2) is 48.8 Å². The Kier molecular flexibility index (Phi) is 8.09. The molecule has 1 amide bonds. The van der Waals surface area contributed by atoms with Gasteiger partial charge in [-0.05, 0) is 50.1 Å². The molecular formula is C22H28N6O. The number of fused-ring (bicyclic) bond motifs is 1. The average Bonchev–Trinajstić information content (AvgIpc) is 2.74. The highest BCUT2D eigenvalue weighted by molar-refractivity contribution is 5.95. The van der Waals surface area contributed by atoms with E-state index in [4.69, 9.17) is 11.1 Å². The molecule has 0 aliphatic heterocycles. The van der Waals surface area contributed by atoms with Gasteiger partial charge in [-0.3, -0.25) is 10.2 Å². The van der Waals surface area contributed by atoms with Gasteiger partial charge in [0.1, 0.15) is 18.0 Å². The predicted molar refractivity (Wildman–Crippen MR) is 118 cm³/mol. The van der Waals surface area contributed by atoms with E-state index >= 15 is 0 Å². The maximum Gasteiger partial charge on any atom is 0.209 e. The fraction of sp³-hybridized carbons (Fsp3) is 0.273. The number of nitrogens with two attached hydrogens (primary N) is 1. The van der Waals surface area contributed by atoms with Crippen LogP contribution in [0.3, 0.4) is 0 Å². The van der Waals surface area contributed by atoms with Crippen molar-refractivity contribution in [3.05, 3.63) is 65.5 Å². The number of anilines is 1. The van der Waals surface area contributed by atoms with Crippen molar-refractivity contribution in [3.8, 4) is 0 Å². The second kappa shape index (κ2) is 10.8. The molecule has 7 heteroatoms. The largest absolute Gasteiger partial charge is 0.384 e. The maximum atomic E-state index is 9.89. The third kappa shape index (κ3) is 6.27. The number of nitrogens with zero attached hydrogens (tertiary/aromatic N) is 3. The summed E-state index contributed by atoms with van der Waals surface area (Å²) in [5.41, 5.74) is 9.39. The van der Waals surface area contributed by atoms with Gasteiger partial charge in [-0.1, -0.05) is 24.3 Å². The zero-order valence-corrected chi connectivity index (χ0v) is 17.1. The Balaban J connectivity index is 0.000000370. The minimum atomic E-state index is 0.0739. The molecule has 0 unspecified atom stereocenters. The van der Waals surface area contributed by atoms with Gasteiger partial charge < -0.3 is 16.0 Å². The molecule has 0 bridgehead atoms. The number of amides is 1. The maximum absolute atomic E-state index is 9.89. The first-order valence-corrected chi connectivity index (χ1v) is 9.56. The fourth-order valence-electron chi connectivity index (χ4n) is 2.72. The molecule has 29 heavy (non-hydrogen) atoms. The quantitative estimate of drug-likeness (QED) is 0.325. The van der Waals surface area contributed by atoms with E-state index in [2.05, 4.69) is 15.3 Å². The summed E-state index contributed by atoms with van der Waals surface area (Å²) in [5, 5.41) is 11.8. The van der Waals surface area contributed by atoms with E-state index < -0.39 is 0 Å². The van der Waals surface area contributed by atoms with E-state index in [0.717, 1.165) is 47.3 Å². The molecule has 0 saturated heterocycles. The van der Waals surface area contributed by atoms with E-state index in [1.54, 1.807) is 11.2 Å². The number of nitrogen functional groups attached to an aromatic ring is 1. The molecule has 1 aromatic heterocycles. The van der Waals surface area contributed by atoms with Crippen LogP contribution in [0.1, 0.15) is 30.5 Å². The van der Waals surface area contributed by atoms with Gasteiger partial charge in [-0.2, -0.15) is 0 Å². The first-order valence-electron chi connectivity index (χ1n) is 9.56. The minimum absolute atomic E-state index is 0.0739. The van der Waals surface area contributed by atoms with Gasteiger partial charge in [0.2, 0.25) is 6.41 Å². The van der Waals surface area contributed by atoms with Crippen molar-refractivity contribution < 1.29 is 4.79 Å². The lowest BCUT2D eigenvalue weighted by atomic mass is 10.1. The Hall–Kier alpha value is -3.48. The topological polar surface area (TPSA) is 108 Å². The van der Waals surface area contributed by atoms with Gasteiger partial charge in [-0.15, -0.1) is 0 Å². The molecule has 0 atom stereocenters.